The fraction of sp³-hybridized carbons (Fsp3) is 0.617. The van der Waals surface area contributed by atoms with Crippen molar-refractivity contribution in [1.82, 2.24) is 61.4 Å². The lowest BCUT2D eigenvalue weighted by Crippen LogP contribution is -2.60. The van der Waals surface area contributed by atoms with Crippen LogP contribution in [-0.4, -0.2) is 255 Å². The van der Waals surface area contributed by atoms with Crippen molar-refractivity contribution in [2.45, 2.75) is 225 Å². The zero-order valence-corrected chi connectivity index (χ0v) is 71.4. The molecular weight excluding hydrogens is 1580 g/mol. The van der Waals surface area contributed by atoms with E-state index in [1.807, 2.05) is 49.6 Å². The molecule has 656 valence electrons. The van der Waals surface area contributed by atoms with E-state index in [1.165, 1.54) is 65.5 Å². The number of aromatic nitrogens is 1. The highest BCUT2D eigenvalue weighted by Crippen LogP contribution is 2.44. The van der Waals surface area contributed by atoms with Gasteiger partial charge in [0.1, 0.15) is 41.8 Å². The fourth-order valence-electron chi connectivity index (χ4n) is 15.7. The first-order valence-electron chi connectivity index (χ1n) is 40.5. The van der Waals surface area contributed by atoms with Crippen LogP contribution in [-0.2, 0) is 101 Å². The van der Waals surface area contributed by atoms with Crippen LogP contribution in [0.15, 0.2) is 72.3 Å². The number of methoxy groups -OCH3 is 2. The number of ether oxygens (including phenoxy) is 4. The number of aliphatic carboxylic acids is 1. The molecule has 119 heavy (non-hydrogen) atoms. The van der Waals surface area contributed by atoms with Gasteiger partial charge in [0.2, 0.25) is 53.2 Å². The predicted molar refractivity (Wildman–Crippen MR) is 436 cm³/mol. The number of primary amides is 1. The summed E-state index contributed by atoms with van der Waals surface area (Å²) in [5.74, 6) is -9.90. The first-order chi connectivity index (χ1) is 56.4. The third-order valence-corrected chi connectivity index (χ3v) is 24.2. The molecule has 1 aromatic heterocycles. The number of carbonyl (C=O) groups excluding carboxylic acids is 13. The van der Waals surface area contributed by atoms with Crippen LogP contribution in [0.5, 0.6) is 0 Å². The summed E-state index contributed by atoms with van der Waals surface area (Å²) in [7, 11) is 1.58. The number of rotatable bonds is 48. The SMILES string of the molecule is CC[C@H](C)[C@@H]([C@@H](CC(=O)N1CCC[C@H]1[C@H](OC)[C@@H](C)C(=O)N[C@@H](Cc1ccccc1)c1nccs1)OC)N(C)C(=O)[C@@H](NC(=O)[C@@H]1[C@H]2CC[C@H](C2)N1C(=O)OCc1ccc(NC(=O)[C@H](CCCNC(N)=O)NC(=O)[C@@H](NC(=O)CCOCCN2C(=O)C=CC2=O)C(C)C)cc1CN(C)C(=O)CC[C@@H](NC(=O)CCCP(=O)(O)O)C(=O)O)C(C)C. The maximum Gasteiger partial charge on any atom is 0.411 e. The molecule has 3 aromatic rings. The van der Waals surface area contributed by atoms with Gasteiger partial charge in [-0.25, -0.2) is 19.4 Å². The van der Waals surface area contributed by atoms with Gasteiger partial charge in [-0.1, -0.05) is 91.3 Å². The Labute approximate surface area is 697 Å². The number of nitrogens with two attached hydrogens (primary N) is 1. The van der Waals surface area contributed by atoms with Crippen molar-refractivity contribution in [3.05, 3.63) is 94.0 Å². The molecule has 0 radical (unpaired) electrons. The van der Waals surface area contributed by atoms with E-state index in [0.717, 1.165) is 27.6 Å². The molecule has 0 spiro atoms. The molecule has 4 heterocycles. The van der Waals surface area contributed by atoms with Crippen LogP contribution in [0.25, 0.3) is 0 Å². The number of nitrogens with zero attached hydrogens (tertiary/aromatic N) is 6. The summed E-state index contributed by atoms with van der Waals surface area (Å²) in [5, 5.41) is 31.8. The minimum atomic E-state index is -4.45. The minimum Gasteiger partial charge on any atom is -0.480 e. The number of likely N-dealkylation sites (N-methyl/N-ethyl adjacent to an activating group) is 1. The largest absolute Gasteiger partial charge is 0.480 e. The summed E-state index contributed by atoms with van der Waals surface area (Å²) >= 11 is 1.45. The molecule has 1 saturated carbocycles. The summed E-state index contributed by atoms with van der Waals surface area (Å²) < 4.78 is 35.3. The highest BCUT2D eigenvalue weighted by atomic mass is 32.1. The van der Waals surface area contributed by atoms with Crippen LogP contribution in [0.4, 0.5) is 15.3 Å². The second kappa shape index (κ2) is 46.1. The molecule has 7 rings (SSSR count). The molecule has 36 nitrogen and oxygen atoms in total. The lowest BCUT2D eigenvalue weighted by molar-refractivity contribution is -0.148. The van der Waals surface area contributed by atoms with Gasteiger partial charge in [-0.15, -0.1) is 11.3 Å². The number of carboxylic acid groups (broad SMARTS) is 1. The van der Waals surface area contributed by atoms with E-state index in [4.69, 9.17) is 24.7 Å². The van der Waals surface area contributed by atoms with Crippen molar-refractivity contribution in [3.8, 4) is 0 Å². The number of thiazole rings is 1. The van der Waals surface area contributed by atoms with Gasteiger partial charge < -0.3 is 91.5 Å². The van der Waals surface area contributed by atoms with E-state index in [0.29, 0.717) is 51.5 Å². The molecule has 0 unspecified atom stereocenters. The number of carboxylic acids is 1. The Hall–Kier alpha value is -9.78. The minimum absolute atomic E-state index is 0.00987. The van der Waals surface area contributed by atoms with Crippen LogP contribution in [0.1, 0.15) is 166 Å². The highest BCUT2D eigenvalue weighted by Gasteiger charge is 2.53. The third kappa shape index (κ3) is 28.2. The number of carbonyl (C=O) groups is 14. The van der Waals surface area contributed by atoms with E-state index in [-0.39, 0.29) is 105 Å². The van der Waals surface area contributed by atoms with E-state index in [2.05, 4.69) is 42.2 Å². The molecule has 3 aliphatic heterocycles. The quantitative estimate of drug-likeness (QED) is 0.0212. The number of nitrogens with one attached hydrogen (secondary N) is 7. The Bertz CT molecular complexity index is 4080. The van der Waals surface area contributed by atoms with Gasteiger partial charge in [-0.2, -0.15) is 0 Å². The van der Waals surface area contributed by atoms with Crippen LogP contribution < -0.4 is 43.0 Å². The zero-order valence-electron chi connectivity index (χ0n) is 69.6. The van der Waals surface area contributed by atoms with Gasteiger partial charge in [0.15, 0.2) is 0 Å². The molecule has 12 N–H and O–H groups in total. The normalized spacial score (nSPS) is 18.9. The number of anilines is 1. The van der Waals surface area contributed by atoms with Crippen molar-refractivity contribution >= 4 is 108 Å². The smallest absolute Gasteiger partial charge is 0.411 e. The number of hydrogen-bond acceptors (Lipinski definition) is 21. The van der Waals surface area contributed by atoms with Crippen LogP contribution >= 0.6 is 18.9 Å². The number of hydrogen-bond donors (Lipinski definition) is 11. The Morgan fingerprint density at radius 1 is 0.765 bits per heavy atom. The van der Waals surface area contributed by atoms with Gasteiger partial charge in [-0.3, -0.25) is 67.1 Å². The molecule has 14 atom stereocenters. The van der Waals surface area contributed by atoms with E-state index in [1.54, 1.807) is 52.8 Å². The second-order valence-electron chi connectivity index (χ2n) is 31.6. The van der Waals surface area contributed by atoms with Crippen LogP contribution in [0.2, 0.25) is 0 Å². The number of benzene rings is 2. The van der Waals surface area contributed by atoms with Crippen molar-refractivity contribution in [3.63, 3.8) is 0 Å². The highest BCUT2D eigenvalue weighted by molar-refractivity contribution is 7.51. The number of imide groups is 1. The molecule has 2 bridgehead atoms. The van der Waals surface area contributed by atoms with Crippen LogP contribution in [0.3, 0.4) is 0 Å². The summed E-state index contributed by atoms with van der Waals surface area (Å²) in [6.07, 6.45) is 3.00. The molecule has 4 aliphatic rings. The Kier molecular flexibility index (Phi) is 37.4. The molecule has 2 saturated heterocycles. The fourth-order valence-corrected chi connectivity index (χ4v) is 17.0. The Balaban J connectivity index is 1.06. The number of fused-ring (bicyclic) bond motifs is 2. The average molecular weight is 1700 g/mol. The number of likely N-dealkylation sites (tertiary alicyclic amines) is 2. The van der Waals surface area contributed by atoms with Gasteiger partial charge in [0, 0.05) is 103 Å². The summed E-state index contributed by atoms with van der Waals surface area (Å²) in [5.41, 5.74) is 7.00. The molecule has 3 fully saturated rings. The zero-order chi connectivity index (χ0) is 87.5. The molecule has 1 aliphatic carbocycles. The first-order valence-corrected chi connectivity index (χ1v) is 43.2. The predicted octanol–water partition coefficient (Wildman–Crippen LogP) is 4.40. The first kappa shape index (κ1) is 96.4. The van der Waals surface area contributed by atoms with Gasteiger partial charge in [0.05, 0.1) is 68.6 Å². The molecular formula is C81H119N14O22PS. The molecule has 14 amide bonds. The van der Waals surface area contributed by atoms with E-state index < -0.39 is 195 Å². The second-order valence-corrected chi connectivity index (χ2v) is 34.3. The molecule has 38 heteroatoms. The maximum atomic E-state index is 15.2. The number of amides is 14. The Morgan fingerprint density at radius 2 is 1.46 bits per heavy atom. The summed E-state index contributed by atoms with van der Waals surface area (Å²) in [4.78, 5) is 220. The number of urea groups is 1. The number of piperidine rings is 1. The molecule has 2 aromatic carbocycles. The monoisotopic (exact) mass is 1700 g/mol. The topological polar surface area (TPSA) is 493 Å². The van der Waals surface area contributed by atoms with Crippen molar-refractivity contribution < 1.29 is 106 Å². The van der Waals surface area contributed by atoms with Crippen molar-refractivity contribution in [1.29, 1.82) is 0 Å². The lowest BCUT2D eigenvalue weighted by Gasteiger charge is -2.41. The third-order valence-electron chi connectivity index (χ3n) is 22.4. The lowest BCUT2D eigenvalue weighted by atomic mass is 9.89. The van der Waals surface area contributed by atoms with E-state index in [9.17, 15) is 77.0 Å². The van der Waals surface area contributed by atoms with Crippen molar-refractivity contribution in [2.24, 2.45) is 35.3 Å². The standard InChI is InChI=1S/C81H119N14O22PS/c1-12-49(6)70(61(114-10)44-67(101)93-35-17-22-60(93)72(115-11)50(7)73(102)88-59(77-83-34-40-119-77)41-51-19-14-13-15-20-51)92(9)78(106)69(48(4)5)90-76(105)71-52-25-27-56(43-52)95(71)81(110)117-46-53-24-26-55(42-54(53)45-91(8)64(98)29-28-58(79(107)108)86-62(96)23-18-39-118(111,112)113)85-74(103)57(21-16-33-84-80(82)109)87-75(104)68(47(2)3)89-63(97)32-37-116-38-36-94-65(99)30-31-66(94)100/h13-15,19-20,24,26,30-31,34,40,42,47-50,52,56-61,68-72H,12,16-18,21-23,25,27-29,32-33,35-39,41,43-46H2,1-11H3,(H,85,103)(H,86,96)(H,87,104)(H,88,102)(H,89,97)(H,90,105)(H,107,108)(H3,82,84,109)(H2,111,112,113)/t49-,50+,52-,56+,57-,58+,59-,60-,61+,68-,69-,70-,71-,72+/m0/s1. The van der Waals surface area contributed by atoms with Crippen LogP contribution in [0, 0.1) is 29.6 Å². The van der Waals surface area contributed by atoms with Gasteiger partial charge >= 0.3 is 25.7 Å². The van der Waals surface area contributed by atoms with Crippen molar-refractivity contribution in [2.75, 3.05) is 72.6 Å². The maximum absolute atomic E-state index is 15.2. The summed E-state index contributed by atoms with van der Waals surface area (Å²) in [6.45, 7) is 12.0. The van der Waals surface area contributed by atoms with Gasteiger partial charge in [0.25, 0.3) is 11.8 Å². The summed E-state index contributed by atoms with van der Waals surface area (Å²) in [6, 6.07) is 5.04. The van der Waals surface area contributed by atoms with Gasteiger partial charge in [-0.05, 0) is 117 Å². The van der Waals surface area contributed by atoms with E-state index >= 15 is 9.59 Å². The average Bonchev–Trinajstić information content (AvgIpc) is 1.61. The Morgan fingerprint density at radius 3 is 2.09 bits per heavy atom.